The summed E-state index contributed by atoms with van der Waals surface area (Å²) >= 11 is 0. The summed E-state index contributed by atoms with van der Waals surface area (Å²) in [5, 5.41) is 13.1. The number of aliphatic hydroxyl groups is 1. The number of aryl methyl sites for hydroxylation is 1. The number of rotatable bonds is 8. The molecule has 0 spiro atoms. The fraction of sp³-hybridized carbons (Fsp3) is 0.263. The van der Waals surface area contributed by atoms with E-state index < -0.39 is 0 Å². The van der Waals surface area contributed by atoms with Gasteiger partial charge in [0.25, 0.3) is 0 Å². The van der Waals surface area contributed by atoms with E-state index in [0.717, 1.165) is 28.8 Å². The minimum absolute atomic E-state index is 0.145. The molecule has 116 valence electrons. The van der Waals surface area contributed by atoms with Crippen LogP contribution in [-0.4, -0.2) is 18.3 Å². The molecule has 0 aliphatic rings. The molecule has 2 aromatic rings. The Balaban J connectivity index is 2.24. The van der Waals surface area contributed by atoms with E-state index >= 15 is 0 Å². The fourth-order valence-electron chi connectivity index (χ4n) is 2.43. The molecular weight excluding hydrogens is 274 g/mol. The van der Waals surface area contributed by atoms with Crippen molar-refractivity contribution in [1.29, 1.82) is 0 Å². The molecule has 0 saturated heterocycles. The number of furan rings is 1. The average Bonchev–Trinajstić information content (AvgIpc) is 2.88. The van der Waals surface area contributed by atoms with Gasteiger partial charge in [-0.05, 0) is 41.8 Å². The van der Waals surface area contributed by atoms with Crippen LogP contribution in [0.25, 0.3) is 11.0 Å². The Morgan fingerprint density at radius 3 is 2.82 bits per heavy atom. The van der Waals surface area contributed by atoms with E-state index in [9.17, 15) is 0 Å². The van der Waals surface area contributed by atoms with Crippen LogP contribution in [0.15, 0.2) is 59.6 Å². The molecule has 3 heteroatoms. The van der Waals surface area contributed by atoms with Crippen molar-refractivity contribution >= 4 is 11.0 Å². The topological polar surface area (TPSA) is 45.4 Å². The number of allylic oxidation sites excluding steroid dienone is 4. The molecule has 0 bridgehead atoms. The quantitative estimate of drug-likeness (QED) is 0.577. The molecule has 0 aliphatic heterocycles. The summed E-state index contributed by atoms with van der Waals surface area (Å²) in [6.45, 7) is 11.1. The van der Waals surface area contributed by atoms with Crippen molar-refractivity contribution < 1.29 is 9.52 Å². The van der Waals surface area contributed by atoms with E-state index in [1.165, 1.54) is 11.1 Å². The van der Waals surface area contributed by atoms with Crippen LogP contribution in [0.1, 0.15) is 16.9 Å². The molecule has 22 heavy (non-hydrogen) atoms. The van der Waals surface area contributed by atoms with E-state index in [0.29, 0.717) is 13.0 Å². The lowest BCUT2D eigenvalue weighted by atomic mass is 10.1. The minimum Gasteiger partial charge on any atom is -0.461 e. The Labute approximate surface area is 131 Å². The molecule has 1 aromatic heterocycles. The van der Waals surface area contributed by atoms with Gasteiger partial charge in [0, 0.05) is 24.9 Å². The highest BCUT2D eigenvalue weighted by atomic mass is 16.3. The Morgan fingerprint density at radius 2 is 2.14 bits per heavy atom. The molecular formula is C19H23NO2. The lowest BCUT2D eigenvalue weighted by Crippen LogP contribution is -2.17. The second kappa shape index (κ2) is 7.78. The first-order valence-electron chi connectivity index (χ1n) is 7.45. The predicted octanol–water partition coefficient (Wildman–Crippen LogP) is 3.66. The van der Waals surface area contributed by atoms with E-state index in [1.807, 2.05) is 12.2 Å². The maximum absolute atomic E-state index is 8.84. The molecule has 0 fully saturated rings. The maximum atomic E-state index is 8.84. The molecule has 0 amide bonds. The van der Waals surface area contributed by atoms with Gasteiger partial charge in [-0.3, -0.25) is 0 Å². The second-order valence-corrected chi connectivity index (χ2v) is 5.29. The number of hydrogen-bond donors (Lipinski definition) is 2. The molecule has 2 rings (SSSR count). The third-order valence-corrected chi connectivity index (χ3v) is 3.60. The van der Waals surface area contributed by atoms with Crippen LogP contribution in [0.4, 0.5) is 0 Å². The van der Waals surface area contributed by atoms with Gasteiger partial charge in [0.2, 0.25) is 0 Å². The lowest BCUT2D eigenvalue weighted by molar-refractivity contribution is 0.292. The third kappa shape index (κ3) is 3.97. The fourth-order valence-corrected chi connectivity index (χ4v) is 2.43. The van der Waals surface area contributed by atoms with Gasteiger partial charge in [-0.25, -0.2) is 0 Å². The first kappa shape index (κ1) is 16.3. The SMILES string of the molecule is C=C/C=C(\C=C)Cc1cc2cc(C)c(CNCCO)cc2o1. The van der Waals surface area contributed by atoms with Gasteiger partial charge in [0.05, 0.1) is 6.61 Å². The van der Waals surface area contributed by atoms with Crippen LogP contribution >= 0.6 is 0 Å². The highest BCUT2D eigenvalue weighted by Crippen LogP contribution is 2.25. The summed E-state index contributed by atoms with van der Waals surface area (Å²) in [6, 6.07) is 6.29. The van der Waals surface area contributed by atoms with E-state index in [4.69, 9.17) is 9.52 Å². The van der Waals surface area contributed by atoms with Crippen molar-refractivity contribution in [3.05, 3.63) is 72.0 Å². The maximum Gasteiger partial charge on any atom is 0.134 e. The molecule has 1 aromatic carbocycles. The number of benzene rings is 1. The van der Waals surface area contributed by atoms with Gasteiger partial charge in [-0.15, -0.1) is 0 Å². The Morgan fingerprint density at radius 1 is 1.32 bits per heavy atom. The molecule has 2 N–H and O–H groups in total. The molecule has 0 saturated carbocycles. The highest BCUT2D eigenvalue weighted by molar-refractivity contribution is 5.80. The van der Waals surface area contributed by atoms with Gasteiger partial charge >= 0.3 is 0 Å². The monoisotopic (exact) mass is 297 g/mol. The van der Waals surface area contributed by atoms with Crippen LogP contribution in [0.3, 0.4) is 0 Å². The Kier molecular flexibility index (Phi) is 5.75. The van der Waals surface area contributed by atoms with Crippen LogP contribution in [0.5, 0.6) is 0 Å². The molecule has 0 radical (unpaired) electrons. The number of hydrogen-bond acceptors (Lipinski definition) is 3. The zero-order chi connectivity index (χ0) is 15.9. The molecule has 0 atom stereocenters. The Hall–Kier alpha value is -2.10. The van der Waals surface area contributed by atoms with Crippen molar-refractivity contribution in [3.63, 3.8) is 0 Å². The van der Waals surface area contributed by atoms with Gasteiger partial charge < -0.3 is 14.8 Å². The lowest BCUT2D eigenvalue weighted by Gasteiger charge is -2.06. The normalized spacial score (nSPS) is 11.8. The standard InChI is InChI=1S/C19H23NO2/c1-4-6-15(5-2)10-18-11-16-9-14(3)17(12-19(16)22-18)13-20-7-8-21/h4-6,9,11-12,20-21H,1-2,7-8,10,13H2,3H3/b15-6+. The van der Waals surface area contributed by atoms with E-state index in [-0.39, 0.29) is 6.61 Å². The summed E-state index contributed by atoms with van der Waals surface area (Å²) in [7, 11) is 0. The zero-order valence-electron chi connectivity index (χ0n) is 13.1. The van der Waals surface area contributed by atoms with Gasteiger partial charge in [0.1, 0.15) is 11.3 Å². The van der Waals surface area contributed by atoms with Crippen LogP contribution in [-0.2, 0) is 13.0 Å². The van der Waals surface area contributed by atoms with E-state index in [2.05, 4.69) is 43.6 Å². The summed E-state index contributed by atoms with van der Waals surface area (Å²) in [6.07, 6.45) is 6.23. The molecule has 0 unspecified atom stereocenters. The second-order valence-electron chi connectivity index (χ2n) is 5.29. The van der Waals surface area contributed by atoms with Crippen LogP contribution < -0.4 is 5.32 Å². The predicted molar refractivity (Wildman–Crippen MR) is 91.9 cm³/mol. The van der Waals surface area contributed by atoms with Crippen molar-refractivity contribution in [2.75, 3.05) is 13.2 Å². The zero-order valence-corrected chi connectivity index (χ0v) is 13.1. The van der Waals surface area contributed by atoms with Crippen molar-refractivity contribution in [1.82, 2.24) is 5.32 Å². The van der Waals surface area contributed by atoms with Gasteiger partial charge in [0.15, 0.2) is 0 Å². The summed E-state index contributed by atoms with van der Waals surface area (Å²) < 4.78 is 5.95. The number of aliphatic hydroxyl groups excluding tert-OH is 1. The molecule has 3 nitrogen and oxygen atoms in total. The Bertz CT molecular complexity index is 695. The summed E-state index contributed by atoms with van der Waals surface area (Å²) in [5.74, 6) is 0.919. The highest BCUT2D eigenvalue weighted by Gasteiger charge is 2.08. The largest absolute Gasteiger partial charge is 0.461 e. The van der Waals surface area contributed by atoms with Crippen LogP contribution in [0.2, 0.25) is 0 Å². The molecule has 1 heterocycles. The third-order valence-electron chi connectivity index (χ3n) is 3.60. The van der Waals surface area contributed by atoms with Gasteiger partial charge in [-0.2, -0.15) is 0 Å². The van der Waals surface area contributed by atoms with Crippen molar-refractivity contribution in [3.8, 4) is 0 Å². The van der Waals surface area contributed by atoms with Crippen molar-refractivity contribution in [2.45, 2.75) is 19.9 Å². The van der Waals surface area contributed by atoms with Gasteiger partial charge in [-0.1, -0.05) is 31.4 Å². The van der Waals surface area contributed by atoms with Crippen LogP contribution in [0, 0.1) is 6.92 Å². The summed E-state index contributed by atoms with van der Waals surface area (Å²) in [4.78, 5) is 0. The minimum atomic E-state index is 0.145. The van der Waals surface area contributed by atoms with Crippen molar-refractivity contribution in [2.24, 2.45) is 0 Å². The first-order valence-corrected chi connectivity index (χ1v) is 7.45. The summed E-state index contributed by atoms with van der Waals surface area (Å²) in [5.41, 5.74) is 4.38. The first-order chi connectivity index (χ1) is 10.7. The number of fused-ring (bicyclic) bond motifs is 1. The smallest absolute Gasteiger partial charge is 0.134 e. The molecule has 0 aliphatic carbocycles. The number of nitrogens with one attached hydrogen (secondary N) is 1. The average molecular weight is 297 g/mol. The van der Waals surface area contributed by atoms with E-state index in [1.54, 1.807) is 6.08 Å².